The number of amidine groups is 1. The first-order valence-corrected chi connectivity index (χ1v) is 13.6. The van der Waals surface area contributed by atoms with E-state index >= 15 is 0 Å². The Morgan fingerprint density at radius 2 is 1.76 bits per heavy atom. The normalized spacial score (nSPS) is 15.7. The fourth-order valence-electron chi connectivity index (χ4n) is 3.67. The number of carbonyl (C=O) groups excluding carboxylic acids is 1. The lowest BCUT2D eigenvalue weighted by Gasteiger charge is -2.17. The zero-order valence-electron chi connectivity index (χ0n) is 20.9. The van der Waals surface area contributed by atoms with Gasteiger partial charge >= 0.3 is 0 Å². The smallest absolute Gasteiger partial charge is 0.266 e. The predicted octanol–water partition coefficient (Wildman–Crippen LogP) is 8.23. The zero-order valence-corrected chi connectivity index (χ0v) is 23.2. The number of hydrogen-bond acceptors (Lipinski definition) is 5. The molecule has 0 radical (unpaired) electrons. The largest absolute Gasteiger partial charge is 0.490 e. The van der Waals surface area contributed by atoms with Crippen LogP contribution >= 0.6 is 35.0 Å². The molecule has 0 N–H and O–H groups in total. The number of amides is 1. The first-order chi connectivity index (χ1) is 17.8. The molecular formula is C29H28Cl2N2O3S. The van der Waals surface area contributed by atoms with Crippen LogP contribution in [0.1, 0.15) is 31.9 Å². The van der Waals surface area contributed by atoms with Gasteiger partial charge in [-0.15, -0.1) is 0 Å². The lowest BCUT2D eigenvalue weighted by molar-refractivity contribution is -0.122. The van der Waals surface area contributed by atoms with Crippen molar-refractivity contribution in [2.24, 2.45) is 10.9 Å². The second-order valence-corrected chi connectivity index (χ2v) is 10.7. The Morgan fingerprint density at radius 3 is 2.46 bits per heavy atom. The molecular weight excluding hydrogens is 527 g/mol. The summed E-state index contributed by atoms with van der Waals surface area (Å²) in [6, 6.07) is 20.5. The molecule has 0 aromatic heterocycles. The van der Waals surface area contributed by atoms with Crippen molar-refractivity contribution >= 4 is 57.8 Å². The Kier molecular flexibility index (Phi) is 9.19. The highest BCUT2D eigenvalue weighted by Crippen LogP contribution is 2.37. The Hall–Kier alpha value is -2.93. The third-order valence-electron chi connectivity index (χ3n) is 5.39. The van der Waals surface area contributed by atoms with Crippen LogP contribution in [0.5, 0.6) is 11.5 Å². The van der Waals surface area contributed by atoms with E-state index in [0.29, 0.717) is 57.3 Å². The lowest BCUT2D eigenvalue weighted by Crippen LogP contribution is -2.32. The van der Waals surface area contributed by atoms with Crippen LogP contribution in [0, 0.1) is 5.92 Å². The first kappa shape index (κ1) is 27.1. The van der Waals surface area contributed by atoms with Crippen LogP contribution in [0.4, 0.5) is 5.69 Å². The number of ether oxygens (including phenoxy) is 2. The molecule has 1 heterocycles. The van der Waals surface area contributed by atoms with Gasteiger partial charge in [-0.1, -0.05) is 61.3 Å². The summed E-state index contributed by atoms with van der Waals surface area (Å²) in [7, 11) is 0. The molecule has 0 saturated carbocycles. The summed E-state index contributed by atoms with van der Waals surface area (Å²) in [5, 5.41) is 1.95. The van der Waals surface area contributed by atoms with Gasteiger partial charge in [0.05, 0.1) is 17.2 Å². The van der Waals surface area contributed by atoms with Crippen LogP contribution in [0.3, 0.4) is 0 Å². The van der Waals surface area contributed by atoms with Crippen molar-refractivity contribution in [1.29, 1.82) is 0 Å². The van der Waals surface area contributed by atoms with Gasteiger partial charge in [0.2, 0.25) is 0 Å². The molecule has 3 aromatic rings. The highest BCUT2D eigenvalue weighted by molar-refractivity contribution is 8.18. The van der Waals surface area contributed by atoms with Crippen molar-refractivity contribution in [3.8, 4) is 11.5 Å². The average Bonchev–Trinajstić information content (AvgIpc) is 3.14. The highest BCUT2D eigenvalue weighted by atomic mass is 35.5. The van der Waals surface area contributed by atoms with Crippen LogP contribution in [0.25, 0.3) is 6.08 Å². The fraction of sp³-hybridized carbons (Fsp3) is 0.241. The minimum absolute atomic E-state index is 0.0663. The van der Waals surface area contributed by atoms with Crippen LogP contribution < -0.4 is 9.47 Å². The minimum Gasteiger partial charge on any atom is -0.490 e. The Bertz CT molecular complexity index is 1320. The maximum absolute atomic E-state index is 13.3. The van der Waals surface area contributed by atoms with Gasteiger partial charge < -0.3 is 9.47 Å². The molecule has 192 valence electrons. The van der Waals surface area contributed by atoms with E-state index in [9.17, 15) is 4.79 Å². The molecule has 0 unspecified atom stereocenters. The molecule has 8 heteroatoms. The van der Waals surface area contributed by atoms with Crippen molar-refractivity contribution in [2.45, 2.75) is 27.4 Å². The lowest BCUT2D eigenvalue weighted by atomic mass is 10.1. The van der Waals surface area contributed by atoms with Gasteiger partial charge in [0.25, 0.3) is 5.91 Å². The molecule has 37 heavy (non-hydrogen) atoms. The van der Waals surface area contributed by atoms with E-state index in [1.165, 1.54) is 11.8 Å². The highest BCUT2D eigenvalue weighted by Gasteiger charge is 2.33. The summed E-state index contributed by atoms with van der Waals surface area (Å²) in [6.07, 6.45) is 1.87. The van der Waals surface area contributed by atoms with Crippen molar-refractivity contribution in [2.75, 3.05) is 13.2 Å². The third-order valence-corrected chi connectivity index (χ3v) is 7.02. The van der Waals surface area contributed by atoms with E-state index in [4.69, 9.17) is 37.7 Å². The van der Waals surface area contributed by atoms with E-state index in [1.807, 2.05) is 67.6 Å². The molecule has 4 rings (SSSR count). The summed E-state index contributed by atoms with van der Waals surface area (Å²) in [4.78, 5) is 20.4. The average molecular weight is 556 g/mol. The molecule has 0 aliphatic carbocycles. The van der Waals surface area contributed by atoms with Crippen LogP contribution in [0.2, 0.25) is 10.0 Å². The van der Waals surface area contributed by atoms with Gasteiger partial charge in [-0.3, -0.25) is 9.69 Å². The predicted molar refractivity (Wildman–Crippen MR) is 154 cm³/mol. The van der Waals surface area contributed by atoms with Gasteiger partial charge in [-0.05, 0) is 78.7 Å². The molecule has 3 aromatic carbocycles. The summed E-state index contributed by atoms with van der Waals surface area (Å²) in [5.74, 6) is 1.44. The topological polar surface area (TPSA) is 51.1 Å². The van der Waals surface area contributed by atoms with E-state index in [2.05, 4.69) is 13.8 Å². The quantitative estimate of drug-likeness (QED) is 0.250. The summed E-state index contributed by atoms with van der Waals surface area (Å²) < 4.78 is 11.9. The number of hydrogen-bond donors (Lipinski definition) is 0. The van der Waals surface area contributed by atoms with Crippen molar-refractivity contribution in [3.05, 3.63) is 92.8 Å². The number of halogens is 2. The number of rotatable bonds is 9. The van der Waals surface area contributed by atoms with Crippen molar-refractivity contribution < 1.29 is 14.3 Å². The molecule has 0 bridgehead atoms. The maximum atomic E-state index is 13.3. The third kappa shape index (κ3) is 7.10. The summed E-state index contributed by atoms with van der Waals surface area (Å²) >= 11 is 13.6. The molecule has 0 spiro atoms. The van der Waals surface area contributed by atoms with E-state index < -0.39 is 0 Å². The van der Waals surface area contributed by atoms with E-state index in [1.54, 1.807) is 17.0 Å². The Balaban J connectivity index is 1.59. The second kappa shape index (κ2) is 12.5. The number of thioether (sulfide) groups is 1. The second-order valence-electron chi connectivity index (χ2n) is 8.81. The Labute approximate surface area is 232 Å². The number of nitrogens with zero attached hydrogens (tertiary/aromatic N) is 2. The Morgan fingerprint density at radius 1 is 1.00 bits per heavy atom. The molecule has 1 saturated heterocycles. The molecule has 1 fully saturated rings. The molecule has 1 aliphatic rings. The van der Waals surface area contributed by atoms with Gasteiger partial charge in [-0.2, -0.15) is 0 Å². The van der Waals surface area contributed by atoms with Gasteiger partial charge in [0.1, 0.15) is 6.61 Å². The summed E-state index contributed by atoms with van der Waals surface area (Å²) in [5.41, 5.74) is 2.47. The van der Waals surface area contributed by atoms with Crippen LogP contribution in [0.15, 0.2) is 76.6 Å². The van der Waals surface area contributed by atoms with E-state index in [0.717, 1.165) is 16.8 Å². The zero-order chi connectivity index (χ0) is 26.4. The number of carbonyl (C=O) groups is 1. The SMILES string of the molecule is CCOc1cc(/C=C2\SC(=Nc3ccc(Cl)cc3)N(CC(C)C)C2=O)ccc1OCc1ccccc1Cl. The van der Waals surface area contributed by atoms with Crippen molar-refractivity contribution in [3.63, 3.8) is 0 Å². The van der Waals surface area contributed by atoms with Crippen LogP contribution in [-0.2, 0) is 11.4 Å². The maximum Gasteiger partial charge on any atom is 0.266 e. The van der Waals surface area contributed by atoms with Crippen molar-refractivity contribution in [1.82, 2.24) is 4.90 Å². The first-order valence-electron chi connectivity index (χ1n) is 12.0. The van der Waals surface area contributed by atoms with Gasteiger partial charge in [-0.25, -0.2) is 4.99 Å². The van der Waals surface area contributed by atoms with E-state index in [-0.39, 0.29) is 5.91 Å². The number of aliphatic imine (C=N–C) groups is 1. The number of benzene rings is 3. The van der Waals surface area contributed by atoms with Gasteiger partial charge in [0.15, 0.2) is 16.7 Å². The monoisotopic (exact) mass is 554 g/mol. The minimum atomic E-state index is -0.0663. The molecule has 1 aliphatic heterocycles. The molecule has 0 atom stereocenters. The fourth-order valence-corrected chi connectivity index (χ4v) is 4.99. The standard InChI is InChI=1S/C29H28Cl2N2O3S/c1-4-35-26-15-20(9-14-25(26)36-18-21-7-5-6-8-24(21)31)16-27-28(34)33(17-19(2)3)29(37-27)32-23-12-10-22(30)11-13-23/h5-16,19H,4,17-18H2,1-3H3/b27-16-,32-29?. The van der Waals surface area contributed by atoms with Crippen LogP contribution in [-0.4, -0.2) is 29.1 Å². The molecule has 5 nitrogen and oxygen atoms in total. The summed E-state index contributed by atoms with van der Waals surface area (Å²) in [6.45, 7) is 7.46. The van der Waals surface area contributed by atoms with Gasteiger partial charge in [0, 0.05) is 22.2 Å². The molecule has 1 amide bonds.